The molecule has 0 amide bonds. The monoisotopic (exact) mass is 283 g/mol. The summed E-state index contributed by atoms with van der Waals surface area (Å²) in [4.78, 5) is 14.8. The van der Waals surface area contributed by atoms with E-state index in [4.69, 9.17) is 11.6 Å². The summed E-state index contributed by atoms with van der Waals surface area (Å²) >= 11 is 6.41. The fraction of sp³-hybridized carbons (Fsp3) is 0.0625. The van der Waals surface area contributed by atoms with Crippen molar-refractivity contribution in [2.75, 3.05) is 0 Å². The second-order valence-corrected chi connectivity index (χ2v) is 5.40. The summed E-state index contributed by atoms with van der Waals surface area (Å²) in [6.45, 7) is 0. The third-order valence-corrected chi connectivity index (χ3v) is 4.15. The Morgan fingerprint density at radius 1 is 1.15 bits per heavy atom. The SMILES string of the molecule is O=C1C=Cc2[nH]c3c4ccc(O)cc4c(Cl)c-3cc2C1. The van der Waals surface area contributed by atoms with Crippen LogP contribution in [0.3, 0.4) is 0 Å². The van der Waals surface area contributed by atoms with Crippen molar-refractivity contribution in [1.82, 2.24) is 4.98 Å². The Bertz CT molecular complexity index is 876. The number of carbonyl (C=O) groups is 1. The van der Waals surface area contributed by atoms with E-state index in [2.05, 4.69) is 4.98 Å². The molecular weight excluding hydrogens is 274 g/mol. The first kappa shape index (κ1) is 11.6. The van der Waals surface area contributed by atoms with Gasteiger partial charge in [0, 0.05) is 28.5 Å². The molecule has 1 aromatic carbocycles. The van der Waals surface area contributed by atoms with E-state index in [9.17, 15) is 9.90 Å². The molecule has 2 N–H and O–H groups in total. The average Bonchev–Trinajstić information content (AvgIpc) is 2.69. The predicted molar refractivity (Wildman–Crippen MR) is 79.3 cm³/mol. The molecule has 1 aromatic rings. The van der Waals surface area contributed by atoms with E-state index in [1.54, 1.807) is 24.3 Å². The van der Waals surface area contributed by atoms with Crippen LogP contribution in [0.2, 0.25) is 5.02 Å². The highest BCUT2D eigenvalue weighted by atomic mass is 35.5. The Balaban J connectivity index is 2.12. The van der Waals surface area contributed by atoms with Crippen molar-refractivity contribution in [2.45, 2.75) is 6.42 Å². The standard InChI is InChI=1S/C16H10ClNO2/c17-15-12-7-10(20)1-3-11(12)16-13(15)6-8-5-9(19)2-4-14(8)18-16/h1-4,6-7,18,20H,5H2. The second kappa shape index (κ2) is 3.87. The van der Waals surface area contributed by atoms with Gasteiger partial charge in [0.2, 0.25) is 0 Å². The van der Waals surface area contributed by atoms with Gasteiger partial charge in [0.1, 0.15) is 5.75 Å². The first-order valence-electron chi connectivity index (χ1n) is 6.30. The van der Waals surface area contributed by atoms with Crippen LogP contribution in [0.1, 0.15) is 11.3 Å². The van der Waals surface area contributed by atoms with Crippen molar-refractivity contribution < 1.29 is 9.90 Å². The topological polar surface area (TPSA) is 53.1 Å². The van der Waals surface area contributed by atoms with E-state index in [0.29, 0.717) is 11.4 Å². The van der Waals surface area contributed by atoms with Crippen LogP contribution < -0.4 is 0 Å². The number of hydrogen-bond acceptors (Lipinski definition) is 2. The molecule has 0 saturated carbocycles. The number of phenolic OH excluding ortho intramolecular Hbond substituents is 1. The number of fused-ring (bicyclic) bond motifs is 4. The number of hydrogen-bond donors (Lipinski definition) is 2. The number of carbonyl (C=O) groups excluding carboxylic acids is 1. The van der Waals surface area contributed by atoms with Crippen LogP contribution in [0.25, 0.3) is 28.1 Å². The molecule has 1 aliphatic heterocycles. The van der Waals surface area contributed by atoms with Crippen molar-refractivity contribution in [1.29, 1.82) is 0 Å². The number of aromatic amines is 1. The summed E-state index contributed by atoms with van der Waals surface area (Å²) < 4.78 is 0. The van der Waals surface area contributed by atoms with E-state index >= 15 is 0 Å². The lowest BCUT2D eigenvalue weighted by Gasteiger charge is -2.13. The molecule has 3 nitrogen and oxygen atoms in total. The third-order valence-electron chi connectivity index (χ3n) is 3.74. The van der Waals surface area contributed by atoms with Crippen LogP contribution >= 0.6 is 11.6 Å². The van der Waals surface area contributed by atoms with Gasteiger partial charge in [-0.1, -0.05) is 11.6 Å². The highest BCUT2D eigenvalue weighted by Crippen LogP contribution is 2.43. The van der Waals surface area contributed by atoms with Crippen LogP contribution in [0.5, 0.6) is 5.75 Å². The zero-order chi connectivity index (χ0) is 13.9. The minimum absolute atomic E-state index is 0.0927. The van der Waals surface area contributed by atoms with Crippen molar-refractivity contribution in [3.05, 3.63) is 46.6 Å². The van der Waals surface area contributed by atoms with Gasteiger partial charge in [-0.25, -0.2) is 0 Å². The summed E-state index contributed by atoms with van der Waals surface area (Å²) in [6, 6.07) is 7.11. The molecule has 0 spiro atoms. The zero-order valence-corrected chi connectivity index (χ0v) is 11.2. The smallest absolute Gasteiger partial charge is 0.160 e. The molecule has 20 heavy (non-hydrogen) atoms. The Kier molecular flexibility index (Phi) is 2.24. The van der Waals surface area contributed by atoms with Gasteiger partial charge in [0.15, 0.2) is 5.78 Å². The van der Waals surface area contributed by atoms with E-state index in [1.165, 1.54) is 0 Å². The first-order valence-corrected chi connectivity index (χ1v) is 6.68. The third kappa shape index (κ3) is 1.50. The predicted octanol–water partition coefficient (Wildman–Crippen LogP) is 3.77. The number of nitrogens with one attached hydrogen (secondary N) is 1. The largest absolute Gasteiger partial charge is 0.508 e. The number of pyridine rings is 1. The average molecular weight is 284 g/mol. The van der Waals surface area contributed by atoms with Gasteiger partial charge in [-0.2, -0.15) is 0 Å². The summed E-state index contributed by atoms with van der Waals surface area (Å²) in [5, 5.41) is 12.0. The molecular formula is C16H10ClNO2. The van der Waals surface area contributed by atoms with Gasteiger partial charge in [0.05, 0.1) is 10.7 Å². The number of ketones is 1. The minimum Gasteiger partial charge on any atom is -0.508 e. The maximum atomic E-state index is 11.5. The first-order chi connectivity index (χ1) is 9.63. The summed E-state index contributed by atoms with van der Waals surface area (Å²) in [6.07, 6.45) is 3.78. The molecule has 0 fully saturated rings. The number of halogens is 1. The summed E-state index contributed by atoms with van der Waals surface area (Å²) in [5.41, 5.74) is 3.71. The number of allylic oxidation sites excluding steroid dienone is 1. The van der Waals surface area contributed by atoms with E-state index < -0.39 is 0 Å². The van der Waals surface area contributed by atoms with Crippen LogP contribution in [0.15, 0.2) is 30.3 Å². The van der Waals surface area contributed by atoms with Crippen LogP contribution in [0, 0.1) is 0 Å². The van der Waals surface area contributed by atoms with Gasteiger partial charge in [0.25, 0.3) is 0 Å². The summed E-state index contributed by atoms with van der Waals surface area (Å²) in [5.74, 6) is 0.282. The van der Waals surface area contributed by atoms with Crippen molar-refractivity contribution in [3.63, 3.8) is 0 Å². The highest BCUT2D eigenvalue weighted by Gasteiger charge is 2.21. The van der Waals surface area contributed by atoms with Gasteiger partial charge in [-0.05, 0) is 42.0 Å². The van der Waals surface area contributed by atoms with Crippen molar-refractivity contribution >= 4 is 34.2 Å². The molecule has 3 aliphatic rings. The molecule has 4 rings (SSSR count). The molecule has 0 saturated heterocycles. The van der Waals surface area contributed by atoms with E-state index in [0.717, 1.165) is 33.3 Å². The normalized spacial score (nSPS) is 14.2. The van der Waals surface area contributed by atoms with E-state index in [1.807, 2.05) is 12.1 Å². The lowest BCUT2D eigenvalue weighted by atomic mass is 9.98. The Morgan fingerprint density at radius 3 is 2.85 bits per heavy atom. The Hall–Kier alpha value is -2.26. The molecule has 0 aromatic heterocycles. The maximum absolute atomic E-state index is 11.5. The molecule has 0 atom stereocenters. The molecule has 0 unspecified atom stereocenters. The molecule has 1 heterocycles. The number of H-pyrrole nitrogens is 1. The highest BCUT2D eigenvalue weighted by molar-refractivity contribution is 6.40. The van der Waals surface area contributed by atoms with Crippen LogP contribution in [-0.4, -0.2) is 15.9 Å². The number of phenols is 1. The van der Waals surface area contributed by atoms with Crippen molar-refractivity contribution in [2.24, 2.45) is 0 Å². The molecule has 98 valence electrons. The molecule has 0 radical (unpaired) electrons. The van der Waals surface area contributed by atoms with Gasteiger partial charge < -0.3 is 10.1 Å². The second-order valence-electron chi connectivity index (χ2n) is 5.02. The fourth-order valence-electron chi connectivity index (χ4n) is 2.79. The number of aromatic nitrogens is 1. The lowest BCUT2D eigenvalue weighted by molar-refractivity contribution is -0.114. The fourth-order valence-corrected chi connectivity index (χ4v) is 3.09. The molecule has 4 heteroatoms. The van der Waals surface area contributed by atoms with Gasteiger partial charge >= 0.3 is 0 Å². The van der Waals surface area contributed by atoms with E-state index in [-0.39, 0.29) is 11.5 Å². The van der Waals surface area contributed by atoms with Gasteiger partial charge in [-0.15, -0.1) is 0 Å². The molecule has 0 bridgehead atoms. The lowest BCUT2D eigenvalue weighted by Crippen LogP contribution is -2.07. The molecule has 2 aliphatic carbocycles. The number of rotatable bonds is 0. The summed E-state index contributed by atoms with van der Waals surface area (Å²) in [7, 11) is 0. The number of aromatic hydroxyl groups is 1. The maximum Gasteiger partial charge on any atom is 0.160 e. The quantitative estimate of drug-likeness (QED) is 0.660. The zero-order valence-electron chi connectivity index (χ0n) is 10.4. The van der Waals surface area contributed by atoms with Gasteiger partial charge in [-0.3, -0.25) is 4.79 Å². The minimum atomic E-state index is 0.0927. The Morgan fingerprint density at radius 2 is 2.00 bits per heavy atom. The van der Waals surface area contributed by atoms with Crippen LogP contribution in [0.4, 0.5) is 0 Å². The van der Waals surface area contributed by atoms with Crippen LogP contribution in [-0.2, 0) is 11.2 Å². The Labute approximate surface area is 119 Å². The van der Waals surface area contributed by atoms with Crippen molar-refractivity contribution in [3.8, 4) is 17.0 Å². The number of benzene rings is 1.